The van der Waals surface area contributed by atoms with E-state index in [1.807, 2.05) is 6.92 Å². The minimum absolute atomic E-state index is 0.0189. The third-order valence-corrected chi connectivity index (χ3v) is 5.14. The highest BCUT2D eigenvalue weighted by molar-refractivity contribution is 8.14. The van der Waals surface area contributed by atoms with Gasteiger partial charge in [-0.3, -0.25) is 9.35 Å². The van der Waals surface area contributed by atoms with Gasteiger partial charge in [0.05, 0.1) is 6.61 Å². The van der Waals surface area contributed by atoms with Crippen LogP contribution >= 0.6 is 11.8 Å². The van der Waals surface area contributed by atoms with E-state index < -0.39 is 46.9 Å². The number of carbonyl (C=O) groups excluding carboxylic acids is 1. The number of Topliss-reactive ketones (excluding diaryl/α,β-unsaturated/α-hetero) is 1. The molecule has 0 bridgehead atoms. The van der Waals surface area contributed by atoms with Crippen molar-refractivity contribution in [1.82, 2.24) is 0 Å². The Morgan fingerprint density at radius 2 is 1.81 bits per heavy atom. The van der Waals surface area contributed by atoms with Gasteiger partial charge in [0.1, 0.15) is 40.7 Å². The Morgan fingerprint density at radius 1 is 1.15 bits per heavy atom. The van der Waals surface area contributed by atoms with Crippen molar-refractivity contribution in [2.24, 2.45) is 5.16 Å². The van der Waals surface area contributed by atoms with Gasteiger partial charge in [-0.05, 0) is 19.3 Å². The molecule has 0 aliphatic carbocycles. The Labute approximate surface area is 161 Å². The van der Waals surface area contributed by atoms with E-state index in [0.717, 1.165) is 0 Å². The number of hydrogen-bond acceptors (Lipinski definition) is 11. The van der Waals surface area contributed by atoms with Crippen LogP contribution in [0.5, 0.6) is 0 Å². The van der Waals surface area contributed by atoms with E-state index >= 15 is 0 Å². The van der Waals surface area contributed by atoms with Crippen molar-refractivity contribution in [3.63, 3.8) is 0 Å². The lowest BCUT2D eigenvalue weighted by Crippen LogP contribution is -2.57. The van der Waals surface area contributed by atoms with Crippen LogP contribution in [-0.4, -0.2) is 80.7 Å². The lowest BCUT2D eigenvalue weighted by Gasteiger charge is -2.39. The van der Waals surface area contributed by atoms with Crippen LogP contribution in [0.3, 0.4) is 0 Å². The number of carbonyl (C=O) groups is 1. The number of oxime groups is 1. The molecule has 5 N–H and O–H groups in total. The van der Waals surface area contributed by atoms with E-state index in [1.165, 1.54) is 0 Å². The maximum absolute atomic E-state index is 11.6. The van der Waals surface area contributed by atoms with E-state index in [9.17, 15) is 33.6 Å². The van der Waals surface area contributed by atoms with E-state index in [0.29, 0.717) is 31.0 Å². The van der Waals surface area contributed by atoms with Crippen LogP contribution in [0.4, 0.5) is 0 Å². The monoisotopic (exact) mass is 431 g/mol. The van der Waals surface area contributed by atoms with Crippen molar-refractivity contribution in [3.05, 3.63) is 0 Å². The predicted molar refractivity (Wildman–Crippen MR) is 95.2 cm³/mol. The van der Waals surface area contributed by atoms with Crippen LogP contribution in [-0.2, 0) is 24.2 Å². The quantitative estimate of drug-likeness (QED) is 0.126. The highest BCUT2D eigenvalue weighted by Crippen LogP contribution is 2.30. The smallest absolute Gasteiger partial charge is 0.394 e. The van der Waals surface area contributed by atoms with Crippen LogP contribution in [0.1, 0.15) is 39.0 Å². The number of thioether (sulfide) groups is 1. The molecule has 1 aliphatic rings. The molecule has 1 aliphatic heterocycles. The van der Waals surface area contributed by atoms with Crippen LogP contribution < -0.4 is 0 Å². The SMILES string of the molecule is CCCC(=O)CCC/C(=N\OS(=O)(=O)O)S[C@H]1O[C@H](CO)[C@@H](O)[C@@H](O)[C@H]1O. The Kier molecular flexibility index (Phi) is 10.1. The van der Waals surface area contributed by atoms with Crippen molar-refractivity contribution in [3.8, 4) is 0 Å². The average Bonchev–Trinajstić information content (AvgIpc) is 2.59. The second-order valence-electron chi connectivity index (χ2n) is 5.94. The molecule has 11 nitrogen and oxygen atoms in total. The largest absolute Gasteiger partial charge is 0.466 e. The summed E-state index contributed by atoms with van der Waals surface area (Å²) in [6.07, 6.45) is -4.15. The molecule has 0 aromatic heterocycles. The first-order valence-corrected chi connectivity index (χ1v) is 10.5. The van der Waals surface area contributed by atoms with Gasteiger partial charge in [0.25, 0.3) is 0 Å². The number of nitrogens with zero attached hydrogens (tertiary/aromatic N) is 1. The van der Waals surface area contributed by atoms with Crippen LogP contribution in [0.25, 0.3) is 0 Å². The average molecular weight is 431 g/mol. The van der Waals surface area contributed by atoms with Gasteiger partial charge in [-0.15, -0.1) is 0 Å². The molecule has 0 unspecified atom stereocenters. The van der Waals surface area contributed by atoms with Crippen molar-refractivity contribution in [2.75, 3.05) is 6.61 Å². The van der Waals surface area contributed by atoms with E-state index in [4.69, 9.17) is 9.29 Å². The third-order valence-electron chi connectivity index (χ3n) is 3.71. The lowest BCUT2D eigenvalue weighted by molar-refractivity contribution is -0.205. The van der Waals surface area contributed by atoms with Gasteiger partial charge in [-0.25, -0.2) is 4.28 Å². The molecule has 1 rings (SSSR count). The molecule has 27 heavy (non-hydrogen) atoms. The molecule has 0 amide bonds. The first-order valence-electron chi connectivity index (χ1n) is 8.30. The summed E-state index contributed by atoms with van der Waals surface area (Å²) in [4.78, 5) is 11.6. The molecule has 5 atom stereocenters. The van der Waals surface area contributed by atoms with Crippen LogP contribution in [0, 0.1) is 0 Å². The summed E-state index contributed by atoms with van der Waals surface area (Å²) in [6, 6.07) is 0. The summed E-state index contributed by atoms with van der Waals surface area (Å²) in [7, 11) is -4.86. The minimum Gasteiger partial charge on any atom is -0.394 e. The fourth-order valence-corrected chi connectivity index (χ4v) is 3.69. The maximum Gasteiger partial charge on any atom is 0.466 e. The Hall–Kier alpha value is -0.800. The third kappa shape index (κ3) is 8.39. The predicted octanol–water partition coefficient (Wildman–Crippen LogP) is -0.808. The summed E-state index contributed by atoms with van der Waals surface area (Å²) in [6.45, 7) is 1.24. The number of aliphatic hydroxyl groups is 4. The second kappa shape index (κ2) is 11.3. The van der Waals surface area contributed by atoms with Gasteiger partial charge in [0.2, 0.25) is 0 Å². The Balaban J connectivity index is 2.81. The first kappa shape index (κ1) is 24.2. The van der Waals surface area contributed by atoms with E-state index in [-0.39, 0.29) is 23.7 Å². The fourth-order valence-electron chi connectivity index (χ4n) is 2.35. The molecule has 1 saturated heterocycles. The summed E-state index contributed by atoms with van der Waals surface area (Å²) in [5.74, 6) is 0.0189. The topological polar surface area (TPSA) is 183 Å². The van der Waals surface area contributed by atoms with Crippen molar-refractivity contribution in [2.45, 2.75) is 68.9 Å². The molecule has 0 aromatic rings. The number of rotatable bonds is 10. The zero-order valence-electron chi connectivity index (χ0n) is 14.7. The van der Waals surface area contributed by atoms with Crippen LogP contribution in [0.15, 0.2) is 5.16 Å². The van der Waals surface area contributed by atoms with Crippen molar-refractivity contribution < 1.29 is 47.2 Å². The molecule has 158 valence electrons. The second-order valence-corrected chi connectivity index (χ2v) is 8.12. The highest BCUT2D eigenvalue weighted by atomic mass is 32.3. The number of hydrogen-bond donors (Lipinski definition) is 5. The molecule has 13 heteroatoms. The molecular formula is C14H25NO10S2. The summed E-state index contributed by atoms with van der Waals surface area (Å²) < 4.78 is 39.4. The van der Waals surface area contributed by atoms with Crippen LogP contribution in [0.2, 0.25) is 0 Å². The summed E-state index contributed by atoms with van der Waals surface area (Å²) in [5, 5.41) is 42.0. The molecule has 0 radical (unpaired) electrons. The Morgan fingerprint density at radius 3 is 2.37 bits per heavy atom. The maximum atomic E-state index is 11.6. The van der Waals surface area contributed by atoms with Gasteiger partial charge < -0.3 is 25.2 Å². The van der Waals surface area contributed by atoms with Gasteiger partial charge in [0.15, 0.2) is 0 Å². The first-order chi connectivity index (χ1) is 12.6. The molecule has 0 spiro atoms. The molecule has 0 aromatic carbocycles. The molecule has 1 fully saturated rings. The Bertz CT molecular complexity index is 609. The zero-order chi connectivity index (χ0) is 20.6. The fraction of sp³-hybridized carbons (Fsp3) is 0.857. The summed E-state index contributed by atoms with van der Waals surface area (Å²) in [5.41, 5.74) is -1.20. The highest BCUT2D eigenvalue weighted by Gasteiger charge is 2.44. The molecular weight excluding hydrogens is 406 g/mol. The standard InChI is InChI=1S/C14H25NO10S2/c1-2-4-8(17)5-3-6-10(15-25-27(21,22)23)26-14-13(20)12(19)11(18)9(7-16)24-14/h9,11-14,16,18-20H,2-7H2,1H3,(H,21,22,23)/b15-10+/t9-,11-,12-,13-,14-/m1/s1. The number of ketones is 1. The normalized spacial score (nSPS) is 29.6. The number of ether oxygens (including phenoxy) is 1. The summed E-state index contributed by atoms with van der Waals surface area (Å²) >= 11 is 0.688. The van der Waals surface area contributed by atoms with E-state index in [2.05, 4.69) is 9.44 Å². The molecule has 0 saturated carbocycles. The number of aliphatic hydroxyl groups excluding tert-OH is 4. The van der Waals surface area contributed by atoms with Gasteiger partial charge in [-0.1, -0.05) is 23.8 Å². The van der Waals surface area contributed by atoms with E-state index in [1.54, 1.807) is 0 Å². The van der Waals surface area contributed by atoms with Crippen molar-refractivity contribution >= 4 is 33.0 Å². The van der Waals surface area contributed by atoms with Gasteiger partial charge in [0, 0.05) is 12.8 Å². The minimum atomic E-state index is -4.86. The molecule has 1 heterocycles. The zero-order valence-corrected chi connectivity index (χ0v) is 16.3. The van der Waals surface area contributed by atoms with Crippen molar-refractivity contribution in [1.29, 1.82) is 0 Å². The van der Waals surface area contributed by atoms with Gasteiger partial charge in [-0.2, -0.15) is 8.42 Å². The lowest BCUT2D eigenvalue weighted by atomic mass is 10.0. The van der Waals surface area contributed by atoms with Gasteiger partial charge >= 0.3 is 10.4 Å².